The van der Waals surface area contributed by atoms with Gasteiger partial charge in [-0.15, -0.1) is 0 Å². The highest BCUT2D eigenvalue weighted by molar-refractivity contribution is 7.80. The molecular weight excluding hydrogens is 1220 g/mol. The van der Waals surface area contributed by atoms with Crippen molar-refractivity contribution in [1.29, 1.82) is 0 Å². The predicted molar refractivity (Wildman–Crippen MR) is 380 cm³/mol. The van der Waals surface area contributed by atoms with Crippen LogP contribution in [0.25, 0.3) is 33.8 Å². The number of thiocarbonyl (C=S) groups is 1. The number of carbonyl (C=O) groups excluding carboxylic acids is 2. The van der Waals surface area contributed by atoms with Crippen LogP contribution < -0.4 is 31.9 Å². The van der Waals surface area contributed by atoms with E-state index >= 15 is 0 Å². The Hall–Kier alpha value is -9.32. The Balaban J connectivity index is 0.000000155. The van der Waals surface area contributed by atoms with Gasteiger partial charge in [0.05, 0.1) is 80.4 Å². The monoisotopic (exact) mass is 1300 g/mol. The molecule has 0 atom stereocenters. The van der Waals surface area contributed by atoms with Crippen LogP contribution in [-0.2, 0) is 52.5 Å². The van der Waals surface area contributed by atoms with Crippen molar-refractivity contribution in [2.45, 2.75) is 138 Å². The number of aliphatic hydroxyl groups is 2. The summed E-state index contributed by atoms with van der Waals surface area (Å²) in [7, 11) is -1.73. The minimum Gasteiger partial charge on any atom is -0.417 e. The van der Waals surface area contributed by atoms with Gasteiger partial charge in [0.2, 0.25) is 29.7 Å². The highest BCUT2D eigenvalue weighted by Gasteiger charge is 2.37. The number of aromatic nitrogens is 9. The number of fused-ring (bicyclic) bond motifs is 9. The lowest BCUT2D eigenvalue weighted by Crippen LogP contribution is -2.41. The molecule has 9 heterocycles. The van der Waals surface area contributed by atoms with E-state index in [2.05, 4.69) is 127 Å². The minimum absolute atomic E-state index is 0.0600. The standard InChI is InChI=1S/C28H37N5O2Si.C22H23N5O2.C22H23N5OS/c1-18-10-11-22-24(13-18)31-25(34)15-21-17-30-27(33-26(21)22)32-23-14-20(16-29-19(23)2)9-8-12-35-36(6,7)28(3,4)5;2*1-13-5-6-17-19(8-13)25-20(29)10-16-12-24-22(27-21(16)17)26-18-9-15(4-3-7-28)11-23-14(18)2/h10-11,13-14,16-17H,8-9,12,15H2,1-7H3,(H,31,34)(H,30,32,33);2*5-6,8-9,11-12,28H,3-4,7,10H2,1-2H3,(H,25,29)(H,24,26,27). The molecule has 0 unspecified atom stereocenters. The van der Waals surface area contributed by atoms with Crippen molar-refractivity contribution < 1.29 is 24.2 Å². The lowest BCUT2D eigenvalue weighted by atomic mass is 10.0. The molecule has 3 aromatic carbocycles. The summed E-state index contributed by atoms with van der Waals surface area (Å²) in [5.74, 6) is 1.32. The Morgan fingerprint density at radius 2 is 0.840 bits per heavy atom. The number of carbonyl (C=O) groups is 2. The topological polar surface area (TPSA) is 272 Å². The van der Waals surface area contributed by atoms with Crippen LogP contribution in [-0.4, -0.2) is 100 Å². The fourth-order valence-electron chi connectivity index (χ4n) is 10.8. The molecule has 0 aliphatic carbocycles. The van der Waals surface area contributed by atoms with Gasteiger partial charge < -0.3 is 46.5 Å². The average molecular weight is 1300 g/mol. The number of hydrogen-bond acceptors (Lipinski definition) is 18. The van der Waals surface area contributed by atoms with Gasteiger partial charge in [0.25, 0.3) is 0 Å². The Morgan fingerprint density at radius 1 is 0.489 bits per heavy atom. The van der Waals surface area contributed by atoms with Gasteiger partial charge in [-0.1, -0.05) is 69.4 Å². The molecule has 0 spiro atoms. The molecule has 9 aromatic rings. The number of pyridine rings is 3. The summed E-state index contributed by atoms with van der Waals surface area (Å²) >= 11 is 5.48. The Labute approximate surface area is 556 Å². The normalized spacial score (nSPS) is 12.9. The molecular formula is C72H83N15O5SSi. The molecule has 20 nitrogen and oxygen atoms in total. The second-order valence-corrected chi connectivity index (χ2v) is 31.0. The van der Waals surface area contributed by atoms with E-state index < -0.39 is 8.32 Å². The Bertz CT molecular complexity index is 4140. The SMILES string of the molecule is Cc1ccc2c(c1)NC(=O)Cc1cnc(Nc3cc(CCCO)cnc3C)nc1-2.Cc1ccc2c(c1)NC(=O)Cc1cnc(Nc3cc(CCCO[Si](C)(C)C(C)(C)C)cnc3C)nc1-2.Cc1ccc2c(c1)NC(=S)Cc1cnc(Nc3cc(CCCO)cnc3C)nc1-2. The molecule has 3 aliphatic heterocycles. The maximum absolute atomic E-state index is 12.4. The van der Waals surface area contributed by atoms with Crippen molar-refractivity contribution >= 4 is 89.3 Å². The van der Waals surface area contributed by atoms with Gasteiger partial charge in [-0.25, -0.2) is 29.9 Å². The summed E-state index contributed by atoms with van der Waals surface area (Å²) in [4.78, 5) is 66.7. The van der Waals surface area contributed by atoms with Crippen molar-refractivity contribution in [3.8, 4) is 33.8 Å². The quantitative estimate of drug-likeness (QED) is 0.0239. The zero-order chi connectivity index (χ0) is 66.8. The maximum atomic E-state index is 12.4. The number of nitrogens with one attached hydrogen (secondary N) is 6. The van der Waals surface area contributed by atoms with Crippen molar-refractivity contribution in [1.82, 2.24) is 44.9 Å². The van der Waals surface area contributed by atoms with Gasteiger partial charge in [-0.3, -0.25) is 24.5 Å². The van der Waals surface area contributed by atoms with Crippen LogP contribution in [0.5, 0.6) is 0 Å². The van der Waals surface area contributed by atoms with E-state index in [0.717, 1.165) is 172 Å². The number of aryl methyl sites for hydroxylation is 9. The molecule has 12 rings (SSSR count). The number of hydrogen-bond donors (Lipinski definition) is 8. The summed E-state index contributed by atoms with van der Waals surface area (Å²) in [6, 6.07) is 24.4. The molecule has 0 saturated carbocycles. The van der Waals surface area contributed by atoms with Crippen molar-refractivity contribution in [3.05, 3.63) is 177 Å². The van der Waals surface area contributed by atoms with Crippen LogP contribution in [0.4, 0.5) is 52.0 Å². The fourth-order valence-corrected chi connectivity index (χ4v) is 12.1. The Morgan fingerprint density at radius 3 is 1.20 bits per heavy atom. The fraction of sp³-hybridized carbons (Fsp3) is 0.333. The van der Waals surface area contributed by atoms with Crippen LogP contribution in [0.2, 0.25) is 18.1 Å². The number of anilines is 9. The van der Waals surface area contributed by atoms with E-state index in [0.29, 0.717) is 37.1 Å². The average Bonchev–Trinajstić information content (AvgIpc) is 1.57. The molecule has 3 aliphatic rings. The minimum atomic E-state index is -1.73. The maximum Gasteiger partial charge on any atom is 0.228 e. The molecule has 486 valence electrons. The van der Waals surface area contributed by atoms with Crippen LogP contribution >= 0.6 is 12.2 Å². The molecule has 22 heteroatoms. The molecule has 0 fully saturated rings. The van der Waals surface area contributed by atoms with Gasteiger partial charge in [-0.2, -0.15) is 0 Å². The number of benzene rings is 3. The molecule has 0 radical (unpaired) electrons. The largest absolute Gasteiger partial charge is 0.417 e. The second kappa shape index (κ2) is 29.7. The molecule has 94 heavy (non-hydrogen) atoms. The molecule has 0 saturated heterocycles. The van der Waals surface area contributed by atoms with Crippen molar-refractivity contribution in [3.63, 3.8) is 0 Å². The summed E-state index contributed by atoms with van der Waals surface area (Å²) in [6.45, 7) is 24.3. The van der Waals surface area contributed by atoms with E-state index in [4.69, 9.17) is 41.8 Å². The van der Waals surface area contributed by atoms with Gasteiger partial charge in [0.15, 0.2) is 8.32 Å². The van der Waals surface area contributed by atoms with E-state index in [9.17, 15) is 9.59 Å². The zero-order valence-electron chi connectivity index (χ0n) is 55.4. The summed E-state index contributed by atoms with van der Waals surface area (Å²) in [6.07, 6.45) is 16.7. The number of amides is 2. The number of nitrogens with zero attached hydrogens (tertiary/aromatic N) is 9. The highest BCUT2D eigenvalue weighted by Crippen LogP contribution is 2.39. The van der Waals surface area contributed by atoms with Crippen molar-refractivity contribution in [2.24, 2.45) is 0 Å². The summed E-state index contributed by atoms with van der Waals surface area (Å²) < 4.78 is 6.33. The third kappa shape index (κ3) is 16.9. The summed E-state index contributed by atoms with van der Waals surface area (Å²) in [5.41, 5.74) is 22.1. The molecule has 2 amide bonds. The van der Waals surface area contributed by atoms with Crippen molar-refractivity contribution in [2.75, 3.05) is 51.7 Å². The van der Waals surface area contributed by atoms with Crippen LogP contribution in [0.15, 0.2) is 110 Å². The highest BCUT2D eigenvalue weighted by atomic mass is 32.1. The van der Waals surface area contributed by atoms with Crippen LogP contribution in [0.3, 0.4) is 0 Å². The third-order valence-electron chi connectivity index (χ3n) is 17.1. The summed E-state index contributed by atoms with van der Waals surface area (Å²) in [5, 5.41) is 37.5. The first-order valence-corrected chi connectivity index (χ1v) is 35.1. The van der Waals surface area contributed by atoms with Crippen LogP contribution in [0, 0.1) is 41.5 Å². The first kappa shape index (κ1) is 67.6. The van der Waals surface area contributed by atoms with Gasteiger partial charge in [0.1, 0.15) is 0 Å². The lowest BCUT2D eigenvalue weighted by Gasteiger charge is -2.36. The van der Waals surface area contributed by atoms with E-state index in [1.807, 2.05) is 108 Å². The van der Waals surface area contributed by atoms with E-state index in [1.165, 1.54) is 0 Å². The first-order chi connectivity index (χ1) is 45.0. The number of aliphatic hydroxyl groups excluding tert-OH is 2. The third-order valence-corrected chi connectivity index (χ3v) is 21.8. The number of rotatable bonds is 17. The Kier molecular flexibility index (Phi) is 21.4. The van der Waals surface area contributed by atoms with Gasteiger partial charge >= 0.3 is 0 Å². The lowest BCUT2D eigenvalue weighted by molar-refractivity contribution is -0.116. The molecule has 0 bridgehead atoms. The van der Waals surface area contributed by atoms with Gasteiger partial charge in [-0.05, 0) is 168 Å². The van der Waals surface area contributed by atoms with E-state index in [-0.39, 0.29) is 42.9 Å². The van der Waals surface area contributed by atoms with E-state index in [1.54, 1.807) is 12.4 Å². The predicted octanol–water partition coefficient (Wildman–Crippen LogP) is 13.8. The zero-order valence-corrected chi connectivity index (χ0v) is 57.2. The smallest absolute Gasteiger partial charge is 0.228 e. The molecule has 8 N–H and O–H groups in total. The molecule has 6 aromatic heterocycles. The van der Waals surface area contributed by atoms with Gasteiger partial charge in [0, 0.05) is 102 Å². The first-order valence-electron chi connectivity index (χ1n) is 31.8. The second-order valence-electron chi connectivity index (χ2n) is 25.7. The van der Waals surface area contributed by atoms with Crippen LogP contribution in [0.1, 0.15) is 107 Å².